The molecule has 1 aliphatic rings. The minimum Gasteiger partial charge on any atom is -0.463 e. The molecule has 4 aromatic rings. The number of furan rings is 1. The number of rotatable bonds is 5. The van der Waals surface area contributed by atoms with Gasteiger partial charge in [-0.15, -0.1) is 0 Å². The van der Waals surface area contributed by atoms with E-state index in [-0.39, 0.29) is 5.91 Å². The Hall–Kier alpha value is -3.97. The van der Waals surface area contributed by atoms with Crippen LogP contribution in [-0.4, -0.2) is 42.9 Å². The maximum Gasteiger partial charge on any atom is 0.272 e. The van der Waals surface area contributed by atoms with E-state index in [1.165, 1.54) is 0 Å². The number of hydrazone groups is 1. The van der Waals surface area contributed by atoms with Gasteiger partial charge < -0.3 is 14.1 Å². The predicted molar refractivity (Wildman–Crippen MR) is 129 cm³/mol. The summed E-state index contributed by atoms with van der Waals surface area (Å²) in [5, 5.41) is 5.11. The van der Waals surface area contributed by atoms with Crippen molar-refractivity contribution in [1.29, 1.82) is 0 Å². The molecule has 0 spiro atoms. The van der Waals surface area contributed by atoms with Gasteiger partial charge in [0.2, 0.25) is 0 Å². The summed E-state index contributed by atoms with van der Waals surface area (Å²) in [6, 6.07) is 21.1. The van der Waals surface area contributed by atoms with E-state index >= 15 is 0 Å². The molecule has 2 aromatic carbocycles. The molecular weight excluding hydrogens is 416 g/mol. The lowest BCUT2D eigenvalue weighted by molar-refractivity contribution is 0.0956. The van der Waals surface area contributed by atoms with Crippen molar-refractivity contribution in [3.05, 3.63) is 84.1 Å². The van der Waals surface area contributed by atoms with Gasteiger partial charge in [-0.1, -0.05) is 30.3 Å². The molecule has 1 fully saturated rings. The Morgan fingerprint density at radius 2 is 1.82 bits per heavy atom. The quantitative estimate of drug-likeness (QED) is 0.365. The average molecular weight is 441 g/mol. The van der Waals surface area contributed by atoms with E-state index in [2.05, 4.69) is 32.5 Å². The standard InChI is InChI=1S/C26H24N4O3/c1-18(19-8-10-20(11-9-19)30-12-15-32-16-13-30)28-29-26(31)22-17-24(25-7-4-14-33-25)27-23-6-3-2-5-21(22)23/h2-11,14,17H,12-13,15-16H2,1H3,(H,29,31)/b28-18+. The molecule has 166 valence electrons. The number of nitrogens with one attached hydrogen (secondary N) is 1. The molecule has 0 atom stereocenters. The van der Waals surface area contributed by atoms with E-state index < -0.39 is 0 Å². The number of carbonyl (C=O) groups is 1. The summed E-state index contributed by atoms with van der Waals surface area (Å²) < 4.78 is 10.9. The number of pyridine rings is 1. The number of para-hydroxylation sites is 1. The molecule has 3 heterocycles. The molecule has 5 rings (SSSR count). The van der Waals surface area contributed by atoms with Gasteiger partial charge in [0.05, 0.1) is 36.3 Å². The SMILES string of the molecule is C/C(=N\NC(=O)c1cc(-c2ccco2)nc2ccccc12)c1ccc(N2CCOCC2)cc1. The topological polar surface area (TPSA) is 80.0 Å². The summed E-state index contributed by atoms with van der Waals surface area (Å²) in [6.07, 6.45) is 1.59. The van der Waals surface area contributed by atoms with Crippen LogP contribution in [0.25, 0.3) is 22.4 Å². The van der Waals surface area contributed by atoms with Gasteiger partial charge in [-0.2, -0.15) is 5.10 Å². The van der Waals surface area contributed by atoms with Crippen LogP contribution >= 0.6 is 0 Å². The summed E-state index contributed by atoms with van der Waals surface area (Å²) in [6.45, 7) is 5.16. The lowest BCUT2D eigenvalue weighted by atomic mass is 10.1. The van der Waals surface area contributed by atoms with Gasteiger partial charge in [0.1, 0.15) is 5.69 Å². The number of amides is 1. The molecular formula is C26H24N4O3. The highest BCUT2D eigenvalue weighted by atomic mass is 16.5. The molecule has 1 saturated heterocycles. The molecule has 1 aliphatic heterocycles. The van der Waals surface area contributed by atoms with Crippen molar-refractivity contribution in [3.63, 3.8) is 0 Å². The number of anilines is 1. The first-order chi connectivity index (χ1) is 16.2. The van der Waals surface area contributed by atoms with Crippen molar-refractivity contribution < 1.29 is 13.9 Å². The summed E-state index contributed by atoms with van der Waals surface area (Å²) in [5.74, 6) is 0.306. The van der Waals surface area contributed by atoms with Crippen LogP contribution in [0.3, 0.4) is 0 Å². The van der Waals surface area contributed by atoms with Gasteiger partial charge in [0, 0.05) is 24.2 Å². The molecule has 2 aromatic heterocycles. The Labute approximate surface area is 191 Å². The summed E-state index contributed by atoms with van der Waals surface area (Å²) in [4.78, 5) is 20.0. The second-order valence-electron chi connectivity index (χ2n) is 7.83. The molecule has 7 nitrogen and oxygen atoms in total. The van der Waals surface area contributed by atoms with Crippen molar-refractivity contribution in [1.82, 2.24) is 10.4 Å². The second-order valence-corrected chi connectivity index (χ2v) is 7.83. The summed E-state index contributed by atoms with van der Waals surface area (Å²) >= 11 is 0. The minimum absolute atomic E-state index is 0.300. The molecule has 1 N–H and O–H groups in total. The number of benzene rings is 2. The van der Waals surface area contributed by atoms with Crippen molar-refractivity contribution in [2.75, 3.05) is 31.2 Å². The maximum absolute atomic E-state index is 13.1. The van der Waals surface area contributed by atoms with Crippen molar-refractivity contribution >= 4 is 28.2 Å². The van der Waals surface area contributed by atoms with Crippen LogP contribution in [-0.2, 0) is 4.74 Å². The number of hydrogen-bond acceptors (Lipinski definition) is 6. The second kappa shape index (κ2) is 9.26. The molecule has 1 amide bonds. The Morgan fingerprint density at radius 1 is 1.03 bits per heavy atom. The number of carbonyl (C=O) groups excluding carboxylic acids is 1. The van der Waals surface area contributed by atoms with Gasteiger partial charge in [0.25, 0.3) is 5.91 Å². The first kappa shape index (κ1) is 20.9. The first-order valence-electron chi connectivity index (χ1n) is 10.9. The lowest BCUT2D eigenvalue weighted by Crippen LogP contribution is -2.36. The first-order valence-corrected chi connectivity index (χ1v) is 10.9. The highest BCUT2D eigenvalue weighted by molar-refractivity contribution is 6.08. The minimum atomic E-state index is -0.300. The van der Waals surface area contributed by atoms with Crippen LogP contribution in [0, 0.1) is 0 Å². The third-order valence-corrected chi connectivity index (χ3v) is 5.72. The molecule has 7 heteroatoms. The van der Waals surface area contributed by atoms with E-state index in [0.29, 0.717) is 17.0 Å². The molecule has 0 saturated carbocycles. The third-order valence-electron chi connectivity index (χ3n) is 5.72. The Bertz CT molecular complexity index is 1290. The zero-order valence-electron chi connectivity index (χ0n) is 18.3. The van der Waals surface area contributed by atoms with E-state index in [1.54, 1.807) is 18.4 Å². The molecule has 0 radical (unpaired) electrons. The molecule has 0 bridgehead atoms. The maximum atomic E-state index is 13.1. The predicted octanol–water partition coefficient (Wildman–Crippen LogP) is 4.49. The van der Waals surface area contributed by atoms with Gasteiger partial charge in [-0.3, -0.25) is 4.79 Å². The average Bonchev–Trinajstić information content (AvgIpc) is 3.42. The summed E-state index contributed by atoms with van der Waals surface area (Å²) in [7, 11) is 0. The number of hydrogen-bond donors (Lipinski definition) is 1. The van der Waals surface area contributed by atoms with Gasteiger partial charge in [-0.05, 0) is 48.9 Å². The third kappa shape index (κ3) is 4.49. The highest BCUT2D eigenvalue weighted by Crippen LogP contribution is 2.25. The van der Waals surface area contributed by atoms with E-state index in [9.17, 15) is 4.79 Å². The Balaban J connectivity index is 1.37. The van der Waals surface area contributed by atoms with Crippen LogP contribution in [0.1, 0.15) is 22.8 Å². The fourth-order valence-electron chi connectivity index (χ4n) is 3.91. The zero-order chi connectivity index (χ0) is 22.6. The number of fused-ring (bicyclic) bond motifs is 1. The Morgan fingerprint density at radius 3 is 2.58 bits per heavy atom. The number of aromatic nitrogens is 1. The van der Waals surface area contributed by atoms with E-state index in [4.69, 9.17) is 9.15 Å². The van der Waals surface area contributed by atoms with Gasteiger partial charge in [0.15, 0.2) is 5.76 Å². The van der Waals surface area contributed by atoms with Crippen molar-refractivity contribution in [3.8, 4) is 11.5 Å². The monoisotopic (exact) mass is 440 g/mol. The van der Waals surface area contributed by atoms with Crippen LogP contribution in [0.4, 0.5) is 5.69 Å². The molecule has 0 unspecified atom stereocenters. The largest absolute Gasteiger partial charge is 0.463 e. The highest BCUT2D eigenvalue weighted by Gasteiger charge is 2.15. The number of morpholine rings is 1. The van der Waals surface area contributed by atoms with Crippen LogP contribution in [0.15, 0.2) is 82.5 Å². The van der Waals surface area contributed by atoms with Crippen molar-refractivity contribution in [2.45, 2.75) is 6.92 Å². The van der Waals surface area contributed by atoms with E-state index in [1.807, 2.05) is 49.4 Å². The van der Waals surface area contributed by atoms with E-state index in [0.717, 1.165) is 54.2 Å². The van der Waals surface area contributed by atoms with Crippen molar-refractivity contribution in [2.24, 2.45) is 5.10 Å². The van der Waals surface area contributed by atoms with Gasteiger partial charge in [-0.25, -0.2) is 10.4 Å². The summed E-state index contributed by atoms with van der Waals surface area (Å²) in [5.41, 5.74) is 7.34. The Kier molecular flexibility index (Phi) is 5.87. The smallest absolute Gasteiger partial charge is 0.272 e. The van der Waals surface area contributed by atoms with Crippen LogP contribution in [0.2, 0.25) is 0 Å². The fraction of sp³-hybridized carbons (Fsp3) is 0.192. The number of ether oxygens (including phenoxy) is 1. The molecule has 33 heavy (non-hydrogen) atoms. The number of nitrogens with zero attached hydrogens (tertiary/aromatic N) is 3. The fourth-order valence-corrected chi connectivity index (χ4v) is 3.91. The van der Waals surface area contributed by atoms with Gasteiger partial charge >= 0.3 is 0 Å². The van der Waals surface area contributed by atoms with Crippen LogP contribution in [0.5, 0.6) is 0 Å². The normalized spacial score (nSPS) is 14.5. The lowest BCUT2D eigenvalue weighted by Gasteiger charge is -2.28. The zero-order valence-corrected chi connectivity index (χ0v) is 18.3. The molecule has 0 aliphatic carbocycles. The van der Waals surface area contributed by atoms with Crippen LogP contribution < -0.4 is 10.3 Å².